The van der Waals surface area contributed by atoms with Crippen molar-refractivity contribution in [2.45, 2.75) is 12.6 Å². The van der Waals surface area contributed by atoms with Gasteiger partial charge in [-0.3, -0.25) is 0 Å². The second-order valence-corrected chi connectivity index (χ2v) is 6.50. The largest absolute Gasteiger partial charge is 0.420 e. The summed E-state index contributed by atoms with van der Waals surface area (Å²) in [5.41, 5.74) is 5.20. The van der Waals surface area contributed by atoms with E-state index in [4.69, 9.17) is 0 Å². The van der Waals surface area contributed by atoms with Gasteiger partial charge in [-0.1, -0.05) is 36.4 Å². The Morgan fingerprint density at radius 3 is 2.54 bits per heavy atom. The second-order valence-electron chi connectivity index (χ2n) is 6.50. The molecular weight excluding hydrogens is 337 g/mol. The molecule has 5 heteroatoms. The lowest BCUT2D eigenvalue weighted by molar-refractivity contribution is -0.136. The highest BCUT2D eigenvalue weighted by Crippen LogP contribution is 2.40. The minimum absolute atomic E-state index is 0.0762. The maximum Gasteiger partial charge on any atom is 0.420 e. The van der Waals surface area contributed by atoms with E-state index in [1.54, 1.807) is 6.20 Å². The highest BCUT2D eigenvalue weighted by molar-refractivity contribution is 5.81. The van der Waals surface area contributed by atoms with Crippen molar-refractivity contribution in [1.82, 2.24) is 9.38 Å². The fraction of sp³-hybridized carbons (Fsp3) is 0.0952. The molecule has 0 fully saturated rings. The van der Waals surface area contributed by atoms with Crippen LogP contribution in [0, 0.1) is 0 Å². The molecule has 2 heterocycles. The van der Waals surface area contributed by atoms with Crippen LogP contribution in [0.3, 0.4) is 0 Å². The molecule has 1 aliphatic rings. The normalized spacial score (nSPS) is 13.0. The molecule has 0 amide bonds. The topological polar surface area (TPSA) is 17.3 Å². The minimum Gasteiger partial charge on any atom is -0.306 e. The van der Waals surface area contributed by atoms with Gasteiger partial charge in [0.25, 0.3) is 0 Å². The molecule has 0 bridgehead atoms. The molecule has 128 valence electrons. The molecule has 0 N–H and O–H groups in total. The quantitative estimate of drug-likeness (QED) is 0.385. The van der Waals surface area contributed by atoms with Crippen molar-refractivity contribution in [2.24, 2.45) is 0 Å². The lowest BCUT2D eigenvalue weighted by Gasteiger charge is -2.12. The first kappa shape index (κ1) is 15.2. The standard InChI is InChI=1S/C21H13F3N2/c22-21(23,24)19-11-16(12-26-8-7-25-20(19)26)13-5-6-15-9-14-3-1-2-4-17(14)18(15)10-13/h1-8,10-12H,9H2. The summed E-state index contributed by atoms with van der Waals surface area (Å²) in [4.78, 5) is 3.85. The van der Waals surface area contributed by atoms with Crippen LogP contribution >= 0.6 is 0 Å². The molecular formula is C21H13F3N2. The average Bonchev–Trinajstić information content (AvgIpc) is 3.23. The molecule has 0 saturated heterocycles. The molecule has 0 unspecified atom stereocenters. The van der Waals surface area contributed by atoms with E-state index in [9.17, 15) is 13.2 Å². The predicted octanol–water partition coefficient (Wildman–Crippen LogP) is 5.59. The number of benzene rings is 2. The number of hydrogen-bond acceptors (Lipinski definition) is 1. The van der Waals surface area contributed by atoms with Crippen molar-refractivity contribution in [3.8, 4) is 22.3 Å². The van der Waals surface area contributed by atoms with Crippen LogP contribution in [0.15, 0.2) is 67.1 Å². The van der Waals surface area contributed by atoms with Crippen molar-refractivity contribution in [2.75, 3.05) is 0 Å². The van der Waals surface area contributed by atoms with Crippen LogP contribution < -0.4 is 0 Å². The van der Waals surface area contributed by atoms with E-state index in [1.807, 2.05) is 30.3 Å². The molecule has 5 rings (SSSR count). The maximum absolute atomic E-state index is 13.5. The molecule has 26 heavy (non-hydrogen) atoms. The van der Waals surface area contributed by atoms with E-state index in [-0.39, 0.29) is 5.65 Å². The number of nitrogens with zero attached hydrogens (tertiary/aromatic N) is 2. The Morgan fingerprint density at radius 1 is 0.885 bits per heavy atom. The van der Waals surface area contributed by atoms with Crippen LogP contribution in [0.25, 0.3) is 27.9 Å². The second kappa shape index (κ2) is 5.21. The summed E-state index contributed by atoms with van der Waals surface area (Å²) in [6.45, 7) is 0. The van der Waals surface area contributed by atoms with Crippen LogP contribution in [-0.4, -0.2) is 9.38 Å². The van der Waals surface area contributed by atoms with E-state index < -0.39 is 11.7 Å². The molecule has 2 aromatic heterocycles. The zero-order valence-corrected chi connectivity index (χ0v) is 13.6. The third-order valence-corrected chi connectivity index (χ3v) is 4.92. The van der Waals surface area contributed by atoms with Crippen molar-refractivity contribution < 1.29 is 13.2 Å². The number of imidazole rings is 1. The molecule has 0 spiro atoms. The van der Waals surface area contributed by atoms with Gasteiger partial charge >= 0.3 is 6.18 Å². The zero-order chi connectivity index (χ0) is 17.9. The Morgan fingerprint density at radius 2 is 1.69 bits per heavy atom. The molecule has 0 radical (unpaired) electrons. The SMILES string of the molecule is FC(F)(F)c1cc(-c2ccc3c(c2)-c2ccccc2C3)cn2ccnc12. The lowest BCUT2D eigenvalue weighted by Crippen LogP contribution is -2.08. The number of aromatic nitrogens is 2. The van der Waals surface area contributed by atoms with Gasteiger partial charge in [0.05, 0.1) is 5.56 Å². The van der Waals surface area contributed by atoms with Gasteiger partial charge < -0.3 is 4.40 Å². The van der Waals surface area contributed by atoms with Crippen LogP contribution in [0.1, 0.15) is 16.7 Å². The van der Waals surface area contributed by atoms with Gasteiger partial charge in [0.2, 0.25) is 0 Å². The Balaban J connectivity index is 1.71. The van der Waals surface area contributed by atoms with E-state index >= 15 is 0 Å². The molecule has 0 saturated carbocycles. The summed E-state index contributed by atoms with van der Waals surface area (Å²) in [5.74, 6) is 0. The molecule has 0 aliphatic heterocycles. The van der Waals surface area contributed by atoms with Gasteiger partial charge in [0, 0.05) is 18.6 Å². The first-order valence-corrected chi connectivity index (χ1v) is 8.26. The Labute approximate surface area is 147 Å². The number of alkyl halides is 3. The van der Waals surface area contributed by atoms with Gasteiger partial charge in [-0.25, -0.2) is 4.98 Å². The smallest absolute Gasteiger partial charge is 0.306 e. The fourth-order valence-corrected chi connectivity index (χ4v) is 3.70. The predicted molar refractivity (Wildman–Crippen MR) is 93.9 cm³/mol. The summed E-state index contributed by atoms with van der Waals surface area (Å²) in [7, 11) is 0. The Bertz CT molecular complexity index is 1160. The van der Waals surface area contributed by atoms with Gasteiger partial charge in [0.1, 0.15) is 5.65 Å². The molecule has 2 nitrogen and oxygen atoms in total. The Kier molecular flexibility index (Phi) is 3.04. The lowest BCUT2D eigenvalue weighted by atomic mass is 9.98. The van der Waals surface area contributed by atoms with Crippen LogP contribution in [-0.2, 0) is 12.6 Å². The Hall–Kier alpha value is -3.08. The van der Waals surface area contributed by atoms with Crippen LogP contribution in [0.5, 0.6) is 0 Å². The van der Waals surface area contributed by atoms with Gasteiger partial charge in [-0.15, -0.1) is 0 Å². The summed E-state index contributed by atoms with van der Waals surface area (Å²) >= 11 is 0. The van der Waals surface area contributed by atoms with Crippen LogP contribution in [0.2, 0.25) is 0 Å². The van der Waals surface area contributed by atoms with E-state index in [1.165, 1.54) is 34.0 Å². The summed E-state index contributed by atoms with van der Waals surface area (Å²) in [6, 6.07) is 15.2. The van der Waals surface area contributed by atoms with Crippen molar-refractivity contribution in [3.05, 3.63) is 83.8 Å². The highest BCUT2D eigenvalue weighted by atomic mass is 19.4. The fourth-order valence-electron chi connectivity index (χ4n) is 3.70. The number of rotatable bonds is 1. The van der Waals surface area contributed by atoms with Crippen molar-refractivity contribution >= 4 is 5.65 Å². The maximum atomic E-state index is 13.5. The summed E-state index contributed by atoms with van der Waals surface area (Å²) in [5, 5.41) is 0. The van der Waals surface area contributed by atoms with Gasteiger partial charge in [-0.05, 0) is 51.9 Å². The average molecular weight is 350 g/mol. The third-order valence-electron chi connectivity index (χ3n) is 4.92. The zero-order valence-electron chi connectivity index (χ0n) is 13.6. The van der Waals surface area contributed by atoms with Gasteiger partial charge in [0.15, 0.2) is 0 Å². The first-order chi connectivity index (χ1) is 12.5. The van der Waals surface area contributed by atoms with Gasteiger partial charge in [-0.2, -0.15) is 13.2 Å². The van der Waals surface area contributed by atoms with E-state index in [2.05, 4.69) is 17.1 Å². The van der Waals surface area contributed by atoms with Crippen molar-refractivity contribution in [1.29, 1.82) is 0 Å². The molecule has 2 aromatic carbocycles. The van der Waals surface area contributed by atoms with E-state index in [0.29, 0.717) is 5.56 Å². The summed E-state index contributed by atoms with van der Waals surface area (Å²) < 4.78 is 41.8. The van der Waals surface area contributed by atoms with Crippen molar-refractivity contribution in [3.63, 3.8) is 0 Å². The molecule has 1 aliphatic carbocycles. The minimum atomic E-state index is -4.45. The molecule has 4 aromatic rings. The third kappa shape index (κ3) is 2.24. The summed E-state index contributed by atoms with van der Waals surface area (Å²) in [6.07, 6.45) is 1.02. The number of halogens is 3. The van der Waals surface area contributed by atoms with Crippen LogP contribution in [0.4, 0.5) is 13.2 Å². The highest BCUT2D eigenvalue weighted by Gasteiger charge is 2.34. The number of pyridine rings is 1. The number of fused-ring (bicyclic) bond motifs is 4. The van der Waals surface area contributed by atoms with E-state index in [0.717, 1.165) is 23.1 Å². The molecule has 0 atom stereocenters. The number of hydrogen-bond donors (Lipinski definition) is 0. The first-order valence-electron chi connectivity index (χ1n) is 8.26. The monoisotopic (exact) mass is 350 g/mol.